The topological polar surface area (TPSA) is 53.1 Å². The lowest BCUT2D eigenvalue weighted by Crippen LogP contribution is -2.53. The number of carbonyl (C=O) groups excluding carboxylic acids is 2. The molecule has 0 saturated carbocycles. The maximum absolute atomic E-state index is 13.3. The summed E-state index contributed by atoms with van der Waals surface area (Å²) in [4.78, 5) is 33.6. The Morgan fingerprint density at radius 2 is 1.79 bits per heavy atom. The largest absolute Gasteiger partial charge is 0.493 e. The van der Waals surface area contributed by atoms with Crippen LogP contribution >= 0.6 is 22.9 Å². The minimum Gasteiger partial charge on any atom is -0.493 e. The van der Waals surface area contributed by atoms with Gasteiger partial charge in [-0.25, -0.2) is 0 Å². The fourth-order valence-corrected chi connectivity index (χ4v) is 5.49. The van der Waals surface area contributed by atoms with Crippen molar-refractivity contribution in [3.8, 4) is 5.75 Å². The number of thiophene rings is 1. The molecule has 2 aliphatic rings. The Morgan fingerprint density at radius 3 is 2.48 bits per heavy atom. The molecule has 4 rings (SSSR count). The average Bonchev–Trinajstić information content (AvgIpc) is 3.32. The zero-order valence-corrected chi connectivity index (χ0v) is 20.7. The first-order valence-corrected chi connectivity index (χ1v) is 12.8. The van der Waals surface area contributed by atoms with Gasteiger partial charge < -0.3 is 19.4 Å². The Morgan fingerprint density at radius 1 is 1.03 bits per heavy atom. The van der Waals surface area contributed by atoms with Crippen molar-refractivity contribution in [2.24, 2.45) is 5.41 Å². The zero-order chi connectivity index (χ0) is 23.3. The fourth-order valence-electron chi connectivity index (χ4n) is 4.66. The molecule has 2 amide bonds. The molecule has 2 fully saturated rings. The average molecular weight is 490 g/mol. The van der Waals surface area contributed by atoms with E-state index in [0.29, 0.717) is 31.0 Å². The van der Waals surface area contributed by atoms with Gasteiger partial charge >= 0.3 is 0 Å². The molecule has 2 saturated heterocycles. The highest BCUT2D eigenvalue weighted by Gasteiger charge is 2.41. The van der Waals surface area contributed by atoms with Crippen LogP contribution in [-0.2, 0) is 16.0 Å². The number of hydrogen-bond donors (Lipinski definition) is 0. The summed E-state index contributed by atoms with van der Waals surface area (Å²) in [6.07, 6.45) is 2.55. The van der Waals surface area contributed by atoms with Crippen molar-refractivity contribution in [3.63, 3.8) is 0 Å². The number of hydrogen-bond acceptors (Lipinski definition) is 5. The predicted octanol–water partition coefficient (Wildman–Crippen LogP) is 3.80. The monoisotopic (exact) mass is 489 g/mol. The van der Waals surface area contributed by atoms with Crippen LogP contribution in [0.25, 0.3) is 0 Å². The number of likely N-dealkylation sites (tertiary alicyclic amines) is 1. The van der Waals surface area contributed by atoms with Crippen molar-refractivity contribution < 1.29 is 14.3 Å². The Labute approximate surface area is 205 Å². The molecule has 1 aromatic heterocycles. The van der Waals surface area contributed by atoms with Gasteiger partial charge in [-0.1, -0.05) is 17.7 Å². The van der Waals surface area contributed by atoms with Crippen LogP contribution in [0.1, 0.15) is 24.1 Å². The molecule has 2 aliphatic heterocycles. The Hall–Kier alpha value is -2.09. The van der Waals surface area contributed by atoms with E-state index in [0.717, 1.165) is 56.2 Å². The molecular weight excluding hydrogens is 458 g/mol. The van der Waals surface area contributed by atoms with Gasteiger partial charge in [-0.05, 0) is 55.6 Å². The third-order valence-corrected chi connectivity index (χ3v) is 7.79. The lowest BCUT2D eigenvalue weighted by atomic mass is 9.77. The summed E-state index contributed by atoms with van der Waals surface area (Å²) in [7, 11) is 2.08. The third-order valence-electron chi connectivity index (χ3n) is 6.66. The van der Waals surface area contributed by atoms with E-state index in [1.165, 1.54) is 0 Å². The number of amides is 2. The second-order valence-corrected chi connectivity index (χ2v) is 10.7. The van der Waals surface area contributed by atoms with E-state index >= 15 is 0 Å². The quantitative estimate of drug-likeness (QED) is 0.593. The summed E-state index contributed by atoms with van der Waals surface area (Å²) in [6.45, 7) is 4.97. The van der Waals surface area contributed by atoms with Crippen LogP contribution in [0.2, 0.25) is 5.02 Å². The fraction of sp³-hybridized carbons (Fsp3) is 0.520. The first-order valence-electron chi connectivity index (χ1n) is 11.6. The van der Waals surface area contributed by atoms with Crippen LogP contribution in [0.15, 0.2) is 41.8 Å². The minimum absolute atomic E-state index is 0.125. The van der Waals surface area contributed by atoms with E-state index in [1.807, 2.05) is 39.4 Å². The Kier molecular flexibility index (Phi) is 7.94. The van der Waals surface area contributed by atoms with Gasteiger partial charge in [-0.2, -0.15) is 0 Å². The van der Waals surface area contributed by atoms with Crippen molar-refractivity contribution in [1.82, 2.24) is 14.7 Å². The summed E-state index contributed by atoms with van der Waals surface area (Å²) in [6, 6.07) is 11.3. The van der Waals surface area contributed by atoms with Crippen LogP contribution in [0, 0.1) is 5.41 Å². The first kappa shape index (κ1) is 24.0. The van der Waals surface area contributed by atoms with Gasteiger partial charge in [0.15, 0.2) is 0 Å². The number of nitrogens with zero attached hydrogens (tertiary/aromatic N) is 3. The molecule has 3 heterocycles. The molecular formula is C25H32ClN3O3S. The highest BCUT2D eigenvalue weighted by atomic mass is 35.5. The van der Waals surface area contributed by atoms with Crippen LogP contribution in [0.5, 0.6) is 5.75 Å². The van der Waals surface area contributed by atoms with E-state index in [9.17, 15) is 9.59 Å². The number of halogens is 1. The summed E-state index contributed by atoms with van der Waals surface area (Å²) in [5, 5.41) is 2.66. The van der Waals surface area contributed by atoms with Gasteiger partial charge in [0.2, 0.25) is 11.8 Å². The van der Waals surface area contributed by atoms with Crippen molar-refractivity contribution in [1.29, 1.82) is 0 Å². The molecule has 6 nitrogen and oxygen atoms in total. The second kappa shape index (κ2) is 10.9. The third kappa shape index (κ3) is 6.49. The first-order chi connectivity index (χ1) is 15.9. The number of piperazine rings is 1. The Balaban J connectivity index is 1.47. The summed E-state index contributed by atoms with van der Waals surface area (Å²) < 4.78 is 6.17. The number of likely N-dealkylation sites (N-methyl/N-ethyl adjacent to an activating group) is 1. The molecule has 0 radical (unpaired) electrons. The highest BCUT2D eigenvalue weighted by Crippen LogP contribution is 2.36. The molecule has 2 aromatic rings. The highest BCUT2D eigenvalue weighted by molar-refractivity contribution is 7.10. The normalized spacial score (nSPS) is 21.8. The molecule has 1 aromatic carbocycles. The predicted molar refractivity (Wildman–Crippen MR) is 132 cm³/mol. The smallest absolute Gasteiger partial charge is 0.227 e. The minimum atomic E-state index is -0.399. The molecule has 0 N–H and O–H groups in total. The van der Waals surface area contributed by atoms with Crippen molar-refractivity contribution in [2.75, 3.05) is 52.9 Å². The summed E-state index contributed by atoms with van der Waals surface area (Å²) in [5.74, 6) is 1.02. The lowest BCUT2D eigenvalue weighted by molar-refractivity contribution is -0.142. The maximum Gasteiger partial charge on any atom is 0.227 e. The molecule has 178 valence electrons. The molecule has 0 aliphatic carbocycles. The number of rotatable bonds is 7. The van der Waals surface area contributed by atoms with E-state index in [2.05, 4.69) is 11.9 Å². The Bertz CT molecular complexity index is 929. The van der Waals surface area contributed by atoms with Gasteiger partial charge in [0.1, 0.15) is 5.75 Å². The SMILES string of the molecule is CN1CCN(C(=O)C[C@]2(COc3ccc(Cl)cc3)CCCN(C(=O)Cc3cccs3)C2)CC1. The molecule has 0 bridgehead atoms. The van der Waals surface area contributed by atoms with E-state index in [-0.39, 0.29) is 11.8 Å². The van der Waals surface area contributed by atoms with E-state index in [1.54, 1.807) is 23.5 Å². The van der Waals surface area contributed by atoms with Crippen molar-refractivity contribution in [3.05, 3.63) is 51.7 Å². The van der Waals surface area contributed by atoms with Gasteiger partial charge in [0, 0.05) is 61.0 Å². The van der Waals surface area contributed by atoms with Gasteiger partial charge in [0.25, 0.3) is 0 Å². The summed E-state index contributed by atoms with van der Waals surface area (Å²) >= 11 is 7.62. The van der Waals surface area contributed by atoms with E-state index in [4.69, 9.17) is 16.3 Å². The number of ether oxygens (including phenoxy) is 1. The van der Waals surface area contributed by atoms with Gasteiger partial charge in [-0.3, -0.25) is 9.59 Å². The molecule has 0 spiro atoms. The second-order valence-electron chi connectivity index (χ2n) is 9.28. The standard InChI is InChI=1S/C25H32ClN3O3S/c1-27-11-13-28(14-12-27)24(31)17-25(19-32-21-7-5-20(26)6-8-21)9-3-10-29(18-25)23(30)16-22-4-2-15-33-22/h2,4-8,15H,3,9-14,16-19H2,1H3/t25-/m1/s1. The van der Waals surface area contributed by atoms with Gasteiger partial charge in [0.05, 0.1) is 13.0 Å². The van der Waals surface area contributed by atoms with Crippen LogP contribution in [0.3, 0.4) is 0 Å². The van der Waals surface area contributed by atoms with Crippen LogP contribution in [-0.4, -0.2) is 79.4 Å². The van der Waals surface area contributed by atoms with Crippen molar-refractivity contribution >= 4 is 34.8 Å². The maximum atomic E-state index is 13.3. The van der Waals surface area contributed by atoms with Crippen LogP contribution < -0.4 is 4.74 Å². The van der Waals surface area contributed by atoms with E-state index < -0.39 is 5.41 Å². The molecule has 33 heavy (non-hydrogen) atoms. The van der Waals surface area contributed by atoms with Crippen LogP contribution in [0.4, 0.5) is 0 Å². The van der Waals surface area contributed by atoms with Gasteiger partial charge in [-0.15, -0.1) is 11.3 Å². The number of carbonyl (C=O) groups is 2. The molecule has 0 unspecified atom stereocenters. The van der Waals surface area contributed by atoms with Crippen molar-refractivity contribution in [2.45, 2.75) is 25.7 Å². The number of piperidine rings is 1. The lowest BCUT2D eigenvalue weighted by Gasteiger charge is -2.43. The molecule has 1 atom stereocenters. The molecule has 8 heteroatoms. The number of benzene rings is 1. The zero-order valence-electron chi connectivity index (χ0n) is 19.2. The summed E-state index contributed by atoms with van der Waals surface area (Å²) in [5.41, 5.74) is -0.399.